The van der Waals surface area contributed by atoms with Crippen molar-refractivity contribution in [3.63, 3.8) is 0 Å². The van der Waals surface area contributed by atoms with Crippen LogP contribution in [0.15, 0.2) is 53.9 Å². The average molecular weight is 477 g/mol. The molecule has 1 saturated carbocycles. The number of carbonyl (C=O) groups excluding carboxylic acids is 2. The molecule has 2 aromatic carbocycles. The van der Waals surface area contributed by atoms with E-state index in [1.807, 2.05) is 36.1 Å². The van der Waals surface area contributed by atoms with Crippen molar-refractivity contribution in [2.45, 2.75) is 63.6 Å². The average Bonchev–Trinajstić information content (AvgIpc) is 3.50. The highest BCUT2D eigenvalue weighted by molar-refractivity contribution is 5.91. The quantitative estimate of drug-likeness (QED) is 0.571. The summed E-state index contributed by atoms with van der Waals surface area (Å²) in [6, 6.07) is 13.5. The van der Waals surface area contributed by atoms with Crippen LogP contribution >= 0.6 is 0 Å². The number of nitrogens with zero attached hydrogens (tertiary/aromatic N) is 1. The first kappa shape index (κ1) is 23.8. The van der Waals surface area contributed by atoms with Crippen molar-refractivity contribution >= 4 is 22.6 Å². The zero-order valence-corrected chi connectivity index (χ0v) is 20.7. The minimum Gasteiger partial charge on any atom is -0.458 e. The largest absolute Gasteiger partial charge is 0.458 e. The maximum atomic E-state index is 14.0. The van der Waals surface area contributed by atoms with E-state index in [-0.39, 0.29) is 29.8 Å². The Morgan fingerprint density at radius 2 is 1.83 bits per heavy atom. The first-order valence-corrected chi connectivity index (χ1v) is 13.0. The van der Waals surface area contributed by atoms with E-state index in [2.05, 4.69) is 34.1 Å². The monoisotopic (exact) mass is 476 g/mol. The lowest BCUT2D eigenvalue weighted by atomic mass is 9.83. The molecule has 0 radical (unpaired) electrons. The van der Waals surface area contributed by atoms with Gasteiger partial charge in [-0.1, -0.05) is 55.7 Å². The molecule has 1 saturated heterocycles. The van der Waals surface area contributed by atoms with E-state index in [0.717, 1.165) is 60.1 Å². The molecule has 1 aliphatic carbocycles. The summed E-state index contributed by atoms with van der Waals surface area (Å²) < 4.78 is 6.47. The number of benzene rings is 2. The van der Waals surface area contributed by atoms with Crippen molar-refractivity contribution in [2.24, 2.45) is 5.92 Å². The molecule has 2 aliphatic heterocycles. The van der Waals surface area contributed by atoms with Crippen LogP contribution in [-0.4, -0.2) is 55.0 Å². The van der Waals surface area contributed by atoms with Crippen LogP contribution in [0.3, 0.4) is 0 Å². The first-order chi connectivity index (χ1) is 17.1. The molecular weight excluding hydrogens is 440 g/mol. The number of hydrogen-bond donors (Lipinski definition) is 3. The van der Waals surface area contributed by atoms with E-state index < -0.39 is 6.04 Å². The van der Waals surface area contributed by atoms with Gasteiger partial charge < -0.3 is 25.6 Å². The molecule has 3 aliphatic rings. The topological polar surface area (TPSA) is 82.7 Å². The van der Waals surface area contributed by atoms with Crippen LogP contribution in [-0.2, 0) is 9.59 Å². The van der Waals surface area contributed by atoms with Crippen molar-refractivity contribution in [3.05, 3.63) is 53.9 Å². The normalized spacial score (nSPS) is 22.2. The molecule has 2 aromatic rings. The van der Waals surface area contributed by atoms with Crippen LogP contribution in [0.5, 0.6) is 5.75 Å². The molecule has 7 heteroatoms. The summed E-state index contributed by atoms with van der Waals surface area (Å²) in [7, 11) is 1.76. The zero-order chi connectivity index (χ0) is 24.4. The minimum atomic E-state index is -0.510. The molecular formula is C28H36N4O3. The molecule has 35 heavy (non-hydrogen) atoms. The molecule has 0 spiro atoms. The number of likely N-dealkylation sites (N-methyl/N-ethyl adjacent to an activating group) is 1. The predicted octanol–water partition coefficient (Wildman–Crippen LogP) is 3.31. The van der Waals surface area contributed by atoms with E-state index in [9.17, 15) is 9.59 Å². The highest BCUT2D eigenvalue weighted by Crippen LogP contribution is 2.35. The van der Waals surface area contributed by atoms with E-state index in [1.165, 1.54) is 6.42 Å². The first-order valence-electron chi connectivity index (χ1n) is 13.0. The summed E-state index contributed by atoms with van der Waals surface area (Å²) in [5.74, 6) is 1.63. The number of carbonyl (C=O) groups is 2. The molecule has 0 bridgehead atoms. The molecule has 3 unspecified atom stereocenters. The molecule has 3 atom stereocenters. The van der Waals surface area contributed by atoms with E-state index in [1.54, 1.807) is 7.05 Å². The van der Waals surface area contributed by atoms with Gasteiger partial charge in [0.05, 0.1) is 24.3 Å². The van der Waals surface area contributed by atoms with Gasteiger partial charge in [0.15, 0.2) is 0 Å². The second-order valence-corrected chi connectivity index (χ2v) is 9.99. The summed E-state index contributed by atoms with van der Waals surface area (Å²) in [5.41, 5.74) is 0.930. The Bertz CT molecular complexity index is 1120. The van der Waals surface area contributed by atoms with Crippen LogP contribution in [0.4, 0.5) is 0 Å². The smallest absolute Gasteiger partial charge is 0.249 e. The lowest BCUT2D eigenvalue weighted by Gasteiger charge is -2.34. The minimum absolute atomic E-state index is 0.00577. The van der Waals surface area contributed by atoms with Crippen molar-refractivity contribution in [1.82, 2.24) is 20.9 Å². The Labute approximate surface area is 207 Å². The summed E-state index contributed by atoms with van der Waals surface area (Å²) in [6.45, 7) is 3.04. The highest BCUT2D eigenvalue weighted by atomic mass is 16.5. The Morgan fingerprint density at radius 1 is 1.06 bits per heavy atom. The number of amides is 2. The third-order valence-electron chi connectivity index (χ3n) is 7.82. The summed E-state index contributed by atoms with van der Waals surface area (Å²) in [4.78, 5) is 28.7. The van der Waals surface area contributed by atoms with Gasteiger partial charge in [0.25, 0.3) is 0 Å². The van der Waals surface area contributed by atoms with Gasteiger partial charge in [0, 0.05) is 11.9 Å². The van der Waals surface area contributed by atoms with Crippen LogP contribution in [0.2, 0.25) is 0 Å². The molecule has 2 heterocycles. The lowest BCUT2D eigenvalue weighted by molar-refractivity contribution is -0.136. The zero-order valence-electron chi connectivity index (χ0n) is 20.7. The van der Waals surface area contributed by atoms with Gasteiger partial charge in [-0.15, -0.1) is 0 Å². The van der Waals surface area contributed by atoms with Gasteiger partial charge in [0.2, 0.25) is 11.8 Å². The van der Waals surface area contributed by atoms with E-state index >= 15 is 0 Å². The highest BCUT2D eigenvalue weighted by Gasteiger charge is 2.43. The second kappa shape index (κ2) is 10.4. The second-order valence-electron chi connectivity index (χ2n) is 9.99. The van der Waals surface area contributed by atoms with Crippen molar-refractivity contribution in [1.29, 1.82) is 0 Å². The van der Waals surface area contributed by atoms with Gasteiger partial charge >= 0.3 is 0 Å². The number of hydrogen-bond acceptors (Lipinski definition) is 5. The van der Waals surface area contributed by atoms with Crippen LogP contribution < -0.4 is 20.7 Å². The van der Waals surface area contributed by atoms with Crippen molar-refractivity contribution in [3.8, 4) is 5.75 Å². The molecule has 2 fully saturated rings. The van der Waals surface area contributed by atoms with Crippen molar-refractivity contribution < 1.29 is 14.3 Å². The predicted molar refractivity (Wildman–Crippen MR) is 137 cm³/mol. The molecule has 2 amide bonds. The van der Waals surface area contributed by atoms with Gasteiger partial charge in [-0.3, -0.25) is 9.59 Å². The Kier molecular flexibility index (Phi) is 7.07. The molecule has 7 nitrogen and oxygen atoms in total. The third-order valence-corrected chi connectivity index (χ3v) is 7.82. The van der Waals surface area contributed by atoms with Crippen LogP contribution in [0.1, 0.15) is 45.4 Å². The lowest BCUT2D eigenvalue weighted by Crippen LogP contribution is -2.55. The van der Waals surface area contributed by atoms with Gasteiger partial charge in [-0.2, -0.15) is 0 Å². The fourth-order valence-electron chi connectivity index (χ4n) is 5.71. The Balaban J connectivity index is 1.43. The number of nitrogens with one attached hydrogen (secondary N) is 3. The fourth-order valence-corrected chi connectivity index (χ4v) is 5.71. The van der Waals surface area contributed by atoms with Crippen LogP contribution in [0, 0.1) is 5.92 Å². The Hall–Kier alpha value is -2.90. The van der Waals surface area contributed by atoms with Gasteiger partial charge in [-0.05, 0) is 50.6 Å². The number of rotatable bonds is 7. The Morgan fingerprint density at radius 3 is 2.63 bits per heavy atom. The van der Waals surface area contributed by atoms with Gasteiger partial charge in [-0.25, -0.2) is 0 Å². The molecule has 3 N–H and O–H groups in total. The maximum Gasteiger partial charge on any atom is 0.249 e. The number of likely N-dealkylation sites (tertiary alicyclic amines) is 1. The molecule has 5 rings (SSSR count). The van der Waals surface area contributed by atoms with Gasteiger partial charge in [0.1, 0.15) is 17.6 Å². The third kappa shape index (κ3) is 4.80. The maximum absolute atomic E-state index is 14.0. The summed E-state index contributed by atoms with van der Waals surface area (Å²) in [6.07, 6.45) is 6.20. The van der Waals surface area contributed by atoms with Crippen LogP contribution in [0.25, 0.3) is 10.8 Å². The summed E-state index contributed by atoms with van der Waals surface area (Å²) in [5, 5.41) is 11.8. The standard InChI is InChI=1S/C28H36N4O3/c1-18(29-2)27(33)31-25(20-10-4-3-5-11-20)28(34)32-16-15-22-26(32)24(17-30-22)35-23-14-8-12-19-9-6-7-13-21(19)23/h6-9,12-14,18,20,22,25,29-30H,3-5,10-11,15-17H2,1-2H3,(H,31,33). The van der Waals surface area contributed by atoms with E-state index in [0.29, 0.717) is 13.1 Å². The number of ether oxygens (including phenoxy) is 1. The number of fused-ring (bicyclic) bond motifs is 2. The van der Waals surface area contributed by atoms with Crippen molar-refractivity contribution in [2.75, 3.05) is 20.1 Å². The van der Waals surface area contributed by atoms with E-state index in [4.69, 9.17) is 4.74 Å². The fraction of sp³-hybridized carbons (Fsp3) is 0.500. The SMILES string of the molecule is CNC(C)C(=O)NC(C(=O)N1CCC2NCC(Oc3cccc4ccccc34)=C21)C1CCCCC1. The molecule has 0 aromatic heterocycles. The summed E-state index contributed by atoms with van der Waals surface area (Å²) >= 11 is 0. The molecule has 186 valence electrons.